The van der Waals surface area contributed by atoms with Crippen molar-refractivity contribution in [3.05, 3.63) is 83.0 Å². The van der Waals surface area contributed by atoms with Gasteiger partial charge in [0.05, 0.1) is 30.6 Å². The van der Waals surface area contributed by atoms with Crippen LogP contribution >= 0.6 is 0 Å². The van der Waals surface area contributed by atoms with Crippen LogP contribution in [0.25, 0.3) is 11.1 Å². The maximum Gasteiger partial charge on any atom is 0.254 e. The zero-order valence-corrected chi connectivity index (χ0v) is 20.1. The molecule has 1 amide bonds. The number of morpholine rings is 1. The fraction of sp³-hybridized carbons (Fsp3) is 0.286. The number of nitriles is 1. The van der Waals surface area contributed by atoms with E-state index in [4.69, 9.17) is 4.74 Å². The van der Waals surface area contributed by atoms with E-state index in [0.717, 1.165) is 46.6 Å². The van der Waals surface area contributed by atoms with Crippen molar-refractivity contribution in [2.45, 2.75) is 26.7 Å². The molecule has 0 spiro atoms. The first-order valence-corrected chi connectivity index (χ1v) is 12.0. The average molecular weight is 468 g/mol. The Balaban J connectivity index is 0.00000141. The van der Waals surface area contributed by atoms with E-state index in [1.54, 1.807) is 12.3 Å². The molecule has 0 atom stereocenters. The molecule has 0 saturated carbocycles. The van der Waals surface area contributed by atoms with Crippen LogP contribution in [0.3, 0.4) is 0 Å². The molecule has 178 valence electrons. The molecule has 5 rings (SSSR count). The van der Waals surface area contributed by atoms with Crippen LogP contribution < -0.4 is 5.43 Å². The van der Waals surface area contributed by atoms with E-state index in [-0.39, 0.29) is 5.91 Å². The third kappa shape index (κ3) is 5.56. The molecule has 3 heterocycles. The second kappa shape index (κ2) is 11.4. The number of ether oxygens (including phenoxy) is 1. The summed E-state index contributed by atoms with van der Waals surface area (Å²) < 4.78 is 5.36. The first-order valence-electron chi connectivity index (χ1n) is 12.0. The quantitative estimate of drug-likeness (QED) is 0.593. The number of hydrazone groups is 1. The molecule has 1 saturated heterocycles. The predicted octanol–water partition coefficient (Wildman–Crippen LogP) is 4.88. The monoisotopic (exact) mass is 467 g/mol. The lowest BCUT2D eigenvalue weighted by Crippen LogP contribution is -2.40. The Morgan fingerprint density at radius 3 is 2.57 bits per heavy atom. The van der Waals surface area contributed by atoms with Crippen molar-refractivity contribution in [2.75, 3.05) is 31.7 Å². The number of rotatable bonds is 3. The Labute approximate surface area is 206 Å². The summed E-state index contributed by atoms with van der Waals surface area (Å²) in [5.74, 6) is 0.757. The first kappa shape index (κ1) is 24.1. The Hall–Kier alpha value is -4.02. The smallest absolute Gasteiger partial charge is 0.254 e. The third-order valence-electron chi connectivity index (χ3n) is 5.96. The van der Waals surface area contributed by atoms with Gasteiger partial charge in [-0.15, -0.1) is 0 Å². The minimum Gasteiger partial charge on any atom is -0.378 e. The second-order valence-electron chi connectivity index (χ2n) is 8.08. The summed E-state index contributed by atoms with van der Waals surface area (Å²) in [6.07, 6.45) is 3.31. The van der Waals surface area contributed by atoms with Crippen LogP contribution in [-0.2, 0) is 11.2 Å². The SMILES string of the molecule is CC.N#Cc1cccc(C2=NNc3ncc(-c4cccc(C(=O)N5CCOCC5)c4)cc3CC2)c1. The van der Waals surface area contributed by atoms with Gasteiger partial charge in [-0.3, -0.25) is 10.2 Å². The lowest BCUT2D eigenvalue weighted by Gasteiger charge is -2.27. The number of fused-ring (bicyclic) bond motifs is 1. The standard InChI is InChI=1S/C26H23N5O2.C2H6/c27-16-18-3-1-5-20(13-18)24-8-7-21-15-23(17-28-25(21)30-29-24)19-4-2-6-22(14-19)26(32)31-9-11-33-12-10-31;1-2/h1-6,13-15,17H,7-12H2,(H,28,30);1-2H3. The van der Waals surface area contributed by atoms with Crippen molar-refractivity contribution in [1.29, 1.82) is 5.26 Å². The summed E-state index contributed by atoms with van der Waals surface area (Å²) in [7, 11) is 0. The molecular formula is C28H29N5O2. The van der Waals surface area contributed by atoms with Crippen molar-refractivity contribution < 1.29 is 9.53 Å². The van der Waals surface area contributed by atoms with E-state index in [1.165, 1.54) is 0 Å². The van der Waals surface area contributed by atoms with Crippen LogP contribution in [0.4, 0.5) is 5.82 Å². The molecule has 0 bridgehead atoms. The number of carbonyl (C=O) groups excluding carboxylic acids is 1. The summed E-state index contributed by atoms with van der Waals surface area (Å²) in [5, 5.41) is 13.7. The van der Waals surface area contributed by atoms with Crippen molar-refractivity contribution in [1.82, 2.24) is 9.88 Å². The Bertz CT molecular complexity index is 1270. The van der Waals surface area contributed by atoms with Gasteiger partial charge in [-0.2, -0.15) is 10.4 Å². The molecule has 3 aromatic rings. The van der Waals surface area contributed by atoms with E-state index >= 15 is 0 Å². The topological polar surface area (TPSA) is 90.6 Å². The molecular weight excluding hydrogens is 438 g/mol. The number of hydrogen-bond donors (Lipinski definition) is 1. The van der Waals surface area contributed by atoms with Gasteiger partial charge in [0, 0.05) is 30.4 Å². The van der Waals surface area contributed by atoms with Crippen LogP contribution in [-0.4, -0.2) is 47.8 Å². The number of anilines is 1. The van der Waals surface area contributed by atoms with Crippen LogP contribution in [0.1, 0.15) is 47.3 Å². The molecule has 7 nitrogen and oxygen atoms in total. The van der Waals surface area contributed by atoms with Gasteiger partial charge in [0.25, 0.3) is 5.91 Å². The molecule has 1 N–H and O–H groups in total. The molecule has 2 aromatic carbocycles. The molecule has 0 aliphatic carbocycles. The zero-order chi connectivity index (χ0) is 24.6. The highest BCUT2D eigenvalue weighted by atomic mass is 16.5. The van der Waals surface area contributed by atoms with E-state index in [2.05, 4.69) is 27.6 Å². The van der Waals surface area contributed by atoms with Crippen LogP contribution in [0.5, 0.6) is 0 Å². The van der Waals surface area contributed by atoms with E-state index in [1.807, 2.05) is 61.2 Å². The van der Waals surface area contributed by atoms with E-state index in [0.29, 0.717) is 37.4 Å². The second-order valence-corrected chi connectivity index (χ2v) is 8.08. The van der Waals surface area contributed by atoms with Crippen molar-refractivity contribution in [2.24, 2.45) is 5.10 Å². The van der Waals surface area contributed by atoms with E-state index < -0.39 is 0 Å². The van der Waals surface area contributed by atoms with Crippen molar-refractivity contribution in [3.8, 4) is 17.2 Å². The van der Waals surface area contributed by atoms with Crippen LogP contribution in [0.2, 0.25) is 0 Å². The lowest BCUT2D eigenvalue weighted by molar-refractivity contribution is 0.0303. The molecule has 0 radical (unpaired) electrons. The van der Waals surface area contributed by atoms with Crippen molar-refractivity contribution >= 4 is 17.4 Å². The fourth-order valence-corrected chi connectivity index (χ4v) is 4.15. The minimum atomic E-state index is 0.0298. The average Bonchev–Trinajstić information content (AvgIpc) is 3.16. The molecule has 0 unspecified atom stereocenters. The molecule has 1 fully saturated rings. The number of aromatic nitrogens is 1. The van der Waals surface area contributed by atoms with Crippen LogP contribution in [0, 0.1) is 11.3 Å². The van der Waals surface area contributed by atoms with Gasteiger partial charge in [-0.05, 0) is 59.9 Å². The Kier molecular flexibility index (Phi) is 7.86. The highest BCUT2D eigenvalue weighted by molar-refractivity contribution is 6.01. The number of nitrogens with zero attached hydrogens (tertiary/aromatic N) is 4. The fourth-order valence-electron chi connectivity index (χ4n) is 4.15. The van der Waals surface area contributed by atoms with Gasteiger partial charge in [-0.1, -0.05) is 38.1 Å². The van der Waals surface area contributed by atoms with Crippen LogP contribution in [0.15, 0.2) is 65.9 Å². The first-order chi connectivity index (χ1) is 17.2. The summed E-state index contributed by atoms with van der Waals surface area (Å²) in [5.41, 5.74) is 9.18. The lowest BCUT2D eigenvalue weighted by atomic mass is 9.98. The number of carbonyl (C=O) groups is 1. The molecule has 1 aromatic heterocycles. The number of pyridine rings is 1. The Morgan fingerprint density at radius 2 is 1.77 bits per heavy atom. The molecule has 2 aliphatic rings. The zero-order valence-electron chi connectivity index (χ0n) is 20.1. The largest absolute Gasteiger partial charge is 0.378 e. The normalized spacial score (nSPS) is 14.8. The maximum absolute atomic E-state index is 12.9. The summed E-state index contributed by atoms with van der Waals surface area (Å²) in [6.45, 7) is 6.40. The number of aryl methyl sites for hydroxylation is 1. The van der Waals surface area contributed by atoms with Gasteiger partial charge in [0.2, 0.25) is 0 Å². The van der Waals surface area contributed by atoms with Gasteiger partial charge < -0.3 is 9.64 Å². The summed E-state index contributed by atoms with van der Waals surface area (Å²) in [6, 6.07) is 19.5. The third-order valence-corrected chi connectivity index (χ3v) is 5.96. The highest BCUT2D eigenvalue weighted by Gasteiger charge is 2.19. The molecule has 2 aliphatic heterocycles. The maximum atomic E-state index is 12.9. The number of hydrogen-bond acceptors (Lipinski definition) is 6. The number of benzene rings is 2. The number of nitrogens with one attached hydrogen (secondary N) is 1. The minimum absolute atomic E-state index is 0.0298. The van der Waals surface area contributed by atoms with Gasteiger partial charge >= 0.3 is 0 Å². The van der Waals surface area contributed by atoms with Gasteiger partial charge in [0.15, 0.2) is 0 Å². The highest BCUT2D eigenvalue weighted by Crippen LogP contribution is 2.27. The molecule has 35 heavy (non-hydrogen) atoms. The van der Waals surface area contributed by atoms with E-state index in [9.17, 15) is 10.1 Å². The number of amides is 1. The summed E-state index contributed by atoms with van der Waals surface area (Å²) in [4.78, 5) is 19.3. The van der Waals surface area contributed by atoms with Gasteiger partial charge in [0.1, 0.15) is 5.82 Å². The Morgan fingerprint density at radius 1 is 1.00 bits per heavy atom. The van der Waals surface area contributed by atoms with Crippen molar-refractivity contribution in [3.63, 3.8) is 0 Å². The molecule has 7 heteroatoms. The van der Waals surface area contributed by atoms with Gasteiger partial charge in [-0.25, -0.2) is 4.98 Å². The predicted molar refractivity (Wildman–Crippen MR) is 137 cm³/mol. The summed E-state index contributed by atoms with van der Waals surface area (Å²) >= 11 is 0.